The Morgan fingerprint density at radius 1 is 1.64 bits per heavy atom. The highest BCUT2D eigenvalue weighted by molar-refractivity contribution is 5.75. The molecule has 1 aliphatic rings. The average molecular weight is 156 g/mol. The second kappa shape index (κ2) is 3.51. The van der Waals surface area contributed by atoms with Gasteiger partial charge in [-0.25, -0.2) is 0 Å². The summed E-state index contributed by atoms with van der Waals surface area (Å²) in [5.74, 6) is -0.0554. The smallest absolute Gasteiger partial charge is 0.308 e. The fraction of sp³-hybridized carbons (Fsp3) is 0.750. The maximum absolute atomic E-state index is 10.9. The van der Waals surface area contributed by atoms with Gasteiger partial charge >= 0.3 is 5.97 Å². The summed E-state index contributed by atoms with van der Waals surface area (Å²) >= 11 is 0. The maximum atomic E-state index is 10.9. The van der Waals surface area contributed by atoms with Gasteiger partial charge in [0, 0.05) is 5.92 Å². The average Bonchev–Trinajstić information content (AvgIpc) is 1.86. The summed E-state index contributed by atoms with van der Waals surface area (Å²) < 4.78 is 4.78. The van der Waals surface area contributed by atoms with E-state index in [1.165, 1.54) is 0 Å². The molecule has 1 fully saturated rings. The molecule has 0 bridgehead atoms. The summed E-state index contributed by atoms with van der Waals surface area (Å²) in [6, 6.07) is 0. The first kappa shape index (κ1) is 8.24. The van der Waals surface area contributed by atoms with Crippen molar-refractivity contribution in [1.82, 2.24) is 0 Å². The molecule has 0 aromatic rings. The number of esters is 1. The van der Waals surface area contributed by atoms with Gasteiger partial charge in [0.25, 0.3) is 0 Å². The summed E-state index contributed by atoms with van der Waals surface area (Å²) in [5.41, 5.74) is 0. The van der Waals surface area contributed by atoms with Crippen molar-refractivity contribution in [1.29, 1.82) is 0 Å². The van der Waals surface area contributed by atoms with Crippen molar-refractivity contribution in [3.8, 4) is 0 Å². The summed E-state index contributed by atoms with van der Waals surface area (Å²) in [7, 11) is 0. The molecule has 0 saturated heterocycles. The molecule has 0 aromatic carbocycles. The van der Waals surface area contributed by atoms with E-state index in [0.29, 0.717) is 19.4 Å². The first-order valence-electron chi connectivity index (χ1n) is 3.89. The predicted molar refractivity (Wildman–Crippen MR) is 38.9 cm³/mol. The van der Waals surface area contributed by atoms with Crippen LogP contribution in [0, 0.1) is 11.8 Å². The van der Waals surface area contributed by atoms with E-state index in [0.717, 1.165) is 6.29 Å². The molecule has 0 aliphatic heterocycles. The van der Waals surface area contributed by atoms with Crippen LogP contribution in [0.2, 0.25) is 0 Å². The van der Waals surface area contributed by atoms with Gasteiger partial charge < -0.3 is 9.53 Å². The van der Waals surface area contributed by atoms with Crippen molar-refractivity contribution in [3.63, 3.8) is 0 Å². The van der Waals surface area contributed by atoms with Crippen LogP contribution in [0.3, 0.4) is 0 Å². The van der Waals surface area contributed by atoms with E-state index in [1.54, 1.807) is 6.92 Å². The fourth-order valence-corrected chi connectivity index (χ4v) is 1.23. The van der Waals surface area contributed by atoms with Gasteiger partial charge in [-0.1, -0.05) is 0 Å². The molecule has 11 heavy (non-hydrogen) atoms. The van der Waals surface area contributed by atoms with E-state index >= 15 is 0 Å². The highest BCUT2D eigenvalue weighted by Crippen LogP contribution is 2.32. The SMILES string of the molecule is CCOC(=O)C1CC(C=O)C1. The lowest BCUT2D eigenvalue weighted by Crippen LogP contribution is -2.32. The van der Waals surface area contributed by atoms with Gasteiger partial charge in [-0.3, -0.25) is 4.79 Å². The molecule has 1 saturated carbocycles. The number of rotatable bonds is 3. The van der Waals surface area contributed by atoms with Crippen LogP contribution in [0.1, 0.15) is 19.8 Å². The Labute approximate surface area is 65.7 Å². The van der Waals surface area contributed by atoms with E-state index in [4.69, 9.17) is 4.74 Å². The Morgan fingerprint density at radius 3 is 2.73 bits per heavy atom. The van der Waals surface area contributed by atoms with Gasteiger partial charge in [0.05, 0.1) is 12.5 Å². The van der Waals surface area contributed by atoms with E-state index in [2.05, 4.69) is 0 Å². The number of carbonyl (C=O) groups excluding carboxylic acids is 2. The van der Waals surface area contributed by atoms with E-state index in [9.17, 15) is 9.59 Å². The lowest BCUT2D eigenvalue weighted by molar-refractivity contribution is -0.153. The van der Waals surface area contributed by atoms with E-state index < -0.39 is 0 Å². The molecule has 0 heterocycles. The van der Waals surface area contributed by atoms with E-state index in [1.807, 2.05) is 0 Å². The first-order valence-corrected chi connectivity index (χ1v) is 3.89. The Balaban J connectivity index is 2.20. The van der Waals surface area contributed by atoms with Crippen molar-refractivity contribution >= 4 is 12.3 Å². The summed E-state index contributed by atoms with van der Waals surface area (Å²) in [4.78, 5) is 21.1. The molecule has 0 spiro atoms. The second-order valence-electron chi connectivity index (χ2n) is 2.82. The Kier molecular flexibility index (Phi) is 2.63. The molecule has 0 unspecified atom stereocenters. The zero-order valence-corrected chi connectivity index (χ0v) is 6.58. The number of hydrogen-bond donors (Lipinski definition) is 0. The van der Waals surface area contributed by atoms with Crippen molar-refractivity contribution in [2.75, 3.05) is 6.61 Å². The largest absolute Gasteiger partial charge is 0.466 e. The van der Waals surface area contributed by atoms with Gasteiger partial charge in [-0.15, -0.1) is 0 Å². The summed E-state index contributed by atoms with van der Waals surface area (Å²) in [6.07, 6.45) is 2.28. The molecule has 3 heteroatoms. The minimum absolute atomic E-state index is 0.00912. The van der Waals surface area contributed by atoms with E-state index in [-0.39, 0.29) is 17.8 Å². The number of ether oxygens (including phenoxy) is 1. The van der Waals surface area contributed by atoms with Crippen LogP contribution >= 0.6 is 0 Å². The van der Waals surface area contributed by atoms with Crippen LogP contribution in [-0.2, 0) is 14.3 Å². The zero-order valence-electron chi connectivity index (χ0n) is 6.58. The normalized spacial score (nSPS) is 28.8. The van der Waals surface area contributed by atoms with Crippen LogP contribution in [0.25, 0.3) is 0 Å². The van der Waals surface area contributed by atoms with Crippen LogP contribution in [-0.4, -0.2) is 18.9 Å². The van der Waals surface area contributed by atoms with Crippen LogP contribution < -0.4 is 0 Å². The third-order valence-electron chi connectivity index (χ3n) is 1.99. The summed E-state index contributed by atoms with van der Waals surface area (Å²) in [5, 5.41) is 0. The zero-order chi connectivity index (χ0) is 8.27. The summed E-state index contributed by atoms with van der Waals surface area (Å²) in [6.45, 7) is 2.22. The number of aldehydes is 1. The Hall–Kier alpha value is -0.860. The maximum Gasteiger partial charge on any atom is 0.308 e. The lowest BCUT2D eigenvalue weighted by Gasteiger charge is -2.28. The van der Waals surface area contributed by atoms with Gasteiger partial charge in [0.1, 0.15) is 6.29 Å². The molecule has 0 radical (unpaired) electrons. The minimum Gasteiger partial charge on any atom is -0.466 e. The molecule has 0 aromatic heterocycles. The third-order valence-corrected chi connectivity index (χ3v) is 1.99. The van der Waals surface area contributed by atoms with Gasteiger partial charge in [0.2, 0.25) is 0 Å². The van der Waals surface area contributed by atoms with Crippen LogP contribution in [0.4, 0.5) is 0 Å². The third kappa shape index (κ3) is 1.79. The monoisotopic (exact) mass is 156 g/mol. The first-order chi connectivity index (χ1) is 5.27. The van der Waals surface area contributed by atoms with Crippen molar-refractivity contribution in [3.05, 3.63) is 0 Å². The second-order valence-corrected chi connectivity index (χ2v) is 2.82. The molecular weight excluding hydrogens is 144 g/mol. The fourth-order valence-electron chi connectivity index (χ4n) is 1.23. The van der Waals surface area contributed by atoms with Crippen LogP contribution in [0.5, 0.6) is 0 Å². The van der Waals surface area contributed by atoms with Gasteiger partial charge in [-0.2, -0.15) is 0 Å². The molecule has 0 N–H and O–H groups in total. The van der Waals surface area contributed by atoms with Crippen LogP contribution in [0.15, 0.2) is 0 Å². The predicted octanol–water partition coefficient (Wildman–Crippen LogP) is 0.775. The Morgan fingerprint density at radius 2 is 2.27 bits per heavy atom. The number of hydrogen-bond acceptors (Lipinski definition) is 3. The topological polar surface area (TPSA) is 43.4 Å². The standard InChI is InChI=1S/C8H12O3/c1-2-11-8(10)7-3-6(4-7)5-9/h5-7H,2-4H2,1H3. The molecule has 62 valence electrons. The lowest BCUT2D eigenvalue weighted by atomic mass is 9.76. The minimum atomic E-state index is -0.148. The molecule has 1 rings (SSSR count). The quantitative estimate of drug-likeness (QED) is 0.448. The van der Waals surface area contributed by atoms with Crippen molar-refractivity contribution in [2.45, 2.75) is 19.8 Å². The molecule has 0 atom stereocenters. The van der Waals surface area contributed by atoms with Gasteiger partial charge in [0.15, 0.2) is 0 Å². The molecular formula is C8H12O3. The highest BCUT2D eigenvalue weighted by Gasteiger charge is 2.34. The Bertz CT molecular complexity index is 159. The molecule has 0 amide bonds. The highest BCUT2D eigenvalue weighted by atomic mass is 16.5. The van der Waals surface area contributed by atoms with Crippen molar-refractivity contribution in [2.24, 2.45) is 11.8 Å². The van der Waals surface area contributed by atoms with Crippen molar-refractivity contribution < 1.29 is 14.3 Å². The number of carbonyl (C=O) groups is 2. The molecule has 1 aliphatic carbocycles. The van der Waals surface area contributed by atoms with Gasteiger partial charge in [-0.05, 0) is 19.8 Å². The molecule has 3 nitrogen and oxygen atoms in total.